The van der Waals surface area contributed by atoms with Crippen LogP contribution in [-0.4, -0.2) is 0 Å². The van der Waals surface area contributed by atoms with Gasteiger partial charge in [-0.15, -0.1) is 11.6 Å². The zero-order valence-corrected chi connectivity index (χ0v) is 10.2. The van der Waals surface area contributed by atoms with Crippen molar-refractivity contribution in [3.63, 3.8) is 0 Å². The Bertz CT molecular complexity index is 460. The highest BCUT2D eigenvalue weighted by atomic mass is 35.5. The quantitative estimate of drug-likeness (QED) is 0.689. The first-order chi connectivity index (χ1) is 7.79. The lowest BCUT2D eigenvalue weighted by molar-refractivity contribution is 1.14. The highest BCUT2D eigenvalue weighted by molar-refractivity contribution is 6.17. The average molecular weight is 231 g/mol. The minimum Gasteiger partial charge on any atom is -0.122 e. The van der Waals surface area contributed by atoms with Gasteiger partial charge in [-0.1, -0.05) is 48.5 Å². The molecule has 2 rings (SSSR count). The van der Waals surface area contributed by atoms with E-state index < -0.39 is 0 Å². The van der Waals surface area contributed by atoms with Crippen LogP contribution in [0.2, 0.25) is 0 Å². The molecule has 0 aromatic heterocycles. The number of benzene rings is 2. The summed E-state index contributed by atoms with van der Waals surface area (Å²) in [5.74, 6) is 0.585. The summed E-state index contributed by atoms with van der Waals surface area (Å²) < 4.78 is 0. The Kier molecular flexibility index (Phi) is 3.63. The lowest BCUT2D eigenvalue weighted by Crippen LogP contribution is -1.93. The molecular formula is C15H15Cl. The molecule has 0 atom stereocenters. The van der Waals surface area contributed by atoms with Gasteiger partial charge in [-0.25, -0.2) is 0 Å². The smallest absolute Gasteiger partial charge is 0.0474 e. The molecule has 0 amide bonds. The molecular weight excluding hydrogens is 216 g/mol. The molecule has 0 saturated heterocycles. The molecule has 0 bridgehead atoms. The number of aryl methyl sites for hydroxylation is 1. The summed E-state index contributed by atoms with van der Waals surface area (Å²) in [6, 6.07) is 17.0. The molecule has 0 fully saturated rings. The third-order valence-electron chi connectivity index (χ3n) is 2.81. The first kappa shape index (κ1) is 11.2. The number of alkyl halides is 1. The van der Waals surface area contributed by atoms with Crippen molar-refractivity contribution in [1.29, 1.82) is 0 Å². The summed E-state index contributed by atoms with van der Waals surface area (Å²) in [5, 5.41) is 0. The molecule has 0 N–H and O–H groups in total. The van der Waals surface area contributed by atoms with Crippen molar-refractivity contribution in [3.05, 3.63) is 70.8 Å². The molecule has 0 radical (unpaired) electrons. The van der Waals surface area contributed by atoms with Crippen molar-refractivity contribution >= 4 is 11.6 Å². The van der Waals surface area contributed by atoms with Gasteiger partial charge >= 0.3 is 0 Å². The van der Waals surface area contributed by atoms with Crippen LogP contribution in [0.15, 0.2) is 48.5 Å². The van der Waals surface area contributed by atoms with Gasteiger partial charge in [0, 0.05) is 5.88 Å². The molecule has 0 nitrogen and oxygen atoms in total. The first-order valence-corrected chi connectivity index (χ1v) is 6.01. The van der Waals surface area contributed by atoms with Crippen molar-refractivity contribution in [2.45, 2.75) is 19.2 Å². The molecule has 16 heavy (non-hydrogen) atoms. The summed E-state index contributed by atoms with van der Waals surface area (Å²) in [6.45, 7) is 2.15. The fourth-order valence-electron chi connectivity index (χ4n) is 1.81. The molecule has 0 saturated carbocycles. The van der Waals surface area contributed by atoms with E-state index in [1.165, 1.54) is 22.3 Å². The molecule has 82 valence electrons. The van der Waals surface area contributed by atoms with Gasteiger partial charge in [0.05, 0.1) is 0 Å². The van der Waals surface area contributed by atoms with Crippen molar-refractivity contribution in [2.75, 3.05) is 0 Å². The van der Waals surface area contributed by atoms with Gasteiger partial charge in [0.15, 0.2) is 0 Å². The van der Waals surface area contributed by atoms with Crippen LogP contribution in [-0.2, 0) is 12.3 Å². The Morgan fingerprint density at radius 3 is 2.38 bits per heavy atom. The Hall–Kier alpha value is -1.27. The van der Waals surface area contributed by atoms with Gasteiger partial charge in [-0.05, 0) is 35.6 Å². The third kappa shape index (κ3) is 2.65. The monoisotopic (exact) mass is 230 g/mol. The van der Waals surface area contributed by atoms with Crippen molar-refractivity contribution in [2.24, 2.45) is 0 Å². The molecule has 0 unspecified atom stereocenters. The van der Waals surface area contributed by atoms with E-state index in [2.05, 4.69) is 49.4 Å². The van der Waals surface area contributed by atoms with E-state index in [1.807, 2.05) is 6.07 Å². The zero-order chi connectivity index (χ0) is 11.4. The molecule has 0 aliphatic rings. The van der Waals surface area contributed by atoms with Gasteiger partial charge in [0.2, 0.25) is 0 Å². The number of hydrogen-bond donors (Lipinski definition) is 0. The Balaban J connectivity index is 2.27. The van der Waals surface area contributed by atoms with Gasteiger partial charge in [0.25, 0.3) is 0 Å². The van der Waals surface area contributed by atoms with E-state index in [-0.39, 0.29) is 0 Å². The zero-order valence-electron chi connectivity index (χ0n) is 9.41. The van der Waals surface area contributed by atoms with E-state index in [0.717, 1.165) is 6.42 Å². The van der Waals surface area contributed by atoms with Gasteiger partial charge < -0.3 is 0 Å². The lowest BCUT2D eigenvalue weighted by Gasteiger charge is -2.07. The van der Waals surface area contributed by atoms with E-state index in [0.29, 0.717) is 5.88 Å². The van der Waals surface area contributed by atoms with Gasteiger partial charge in [-0.3, -0.25) is 0 Å². The molecule has 2 aromatic carbocycles. The van der Waals surface area contributed by atoms with Gasteiger partial charge in [-0.2, -0.15) is 0 Å². The van der Waals surface area contributed by atoms with Crippen LogP contribution < -0.4 is 0 Å². The van der Waals surface area contributed by atoms with Crippen LogP contribution in [0.25, 0.3) is 0 Å². The molecule has 2 aromatic rings. The predicted molar refractivity (Wildman–Crippen MR) is 70.0 cm³/mol. The standard InChI is InChI=1S/C15H15Cl/c1-12-7-8-14(11-16)10-15(12)9-13-5-3-2-4-6-13/h2-8,10H,9,11H2,1H3. The highest BCUT2D eigenvalue weighted by Gasteiger charge is 2.01. The second-order valence-electron chi connectivity index (χ2n) is 4.06. The fourth-order valence-corrected chi connectivity index (χ4v) is 1.98. The van der Waals surface area contributed by atoms with E-state index >= 15 is 0 Å². The minimum atomic E-state index is 0.585. The largest absolute Gasteiger partial charge is 0.122 e. The van der Waals surface area contributed by atoms with Crippen LogP contribution >= 0.6 is 11.6 Å². The highest BCUT2D eigenvalue weighted by Crippen LogP contribution is 2.16. The summed E-state index contributed by atoms with van der Waals surface area (Å²) >= 11 is 5.85. The van der Waals surface area contributed by atoms with Crippen LogP contribution in [0, 0.1) is 6.92 Å². The Morgan fingerprint density at radius 2 is 1.69 bits per heavy atom. The van der Waals surface area contributed by atoms with Crippen LogP contribution in [0.5, 0.6) is 0 Å². The predicted octanol–water partition coefficient (Wildman–Crippen LogP) is 4.32. The van der Waals surface area contributed by atoms with E-state index in [9.17, 15) is 0 Å². The third-order valence-corrected chi connectivity index (χ3v) is 3.11. The molecule has 0 aliphatic heterocycles. The van der Waals surface area contributed by atoms with Gasteiger partial charge in [0.1, 0.15) is 0 Å². The maximum atomic E-state index is 5.85. The van der Waals surface area contributed by atoms with Crippen LogP contribution in [0.1, 0.15) is 22.3 Å². The number of rotatable bonds is 3. The normalized spacial score (nSPS) is 10.4. The van der Waals surface area contributed by atoms with E-state index in [4.69, 9.17) is 11.6 Å². The van der Waals surface area contributed by atoms with Crippen LogP contribution in [0.4, 0.5) is 0 Å². The summed E-state index contributed by atoms with van der Waals surface area (Å²) in [4.78, 5) is 0. The molecule has 0 aliphatic carbocycles. The fraction of sp³-hybridized carbons (Fsp3) is 0.200. The second kappa shape index (κ2) is 5.18. The summed E-state index contributed by atoms with van der Waals surface area (Å²) in [7, 11) is 0. The number of hydrogen-bond acceptors (Lipinski definition) is 0. The van der Waals surface area contributed by atoms with Crippen molar-refractivity contribution in [3.8, 4) is 0 Å². The summed E-state index contributed by atoms with van der Waals surface area (Å²) in [5.41, 5.74) is 5.23. The second-order valence-corrected chi connectivity index (χ2v) is 4.32. The molecule has 0 spiro atoms. The van der Waals surface area contributed by atoms with E-state index in [1.54, 1.807) is 0 Å². The maximum Gasteiger partial charge on any atom is 0.0474 e. The molecule has 1 heteroatoms. The number of halogens is 1. The first-order valence-electron chi connectivity index (χ1n) is 5.48. The lowest BCUT2D eigenvalue weighted by atomic mass is 9.99. The minimum absolute atomic E-state index is 0.585. The maximum absolute atomic E-state index is 5.85. The van der Waals surface area contributed by atoms with Crippen molar-refractivity contribution in [1.82, 2.24) is 0 Å². The van der Waals surface area contributed by atoms with Crippen LogP contribution in [0.3, 0.4) is 0 Å². The Morgan fingerprint density at radius 1 is 0.938 bits per heavy atom. The topological polar surface area (TPSA) is 0 Å². The Labute approximate surface area is 102 Å². The summed E-state index contributed by atoms with van der Waals surface area (Å²) in [6.07, 6.45) is 0.984. The molecule has 0 heterocycles. The van der Waals surface area contributed by atoms with Crippen molar-refractivity contribution < 1.29 is 0 Å². The average Bonchev–Trinajstić information content (AvgIpc) is 2.33. The SMILES string of the molecule is Cc1ccc(CCl)cc1Cc1ccccc1.